The van der Waals surface area contributed by atoms with Gasteiger partial charge in [0.05, 0.1) is 11.7 Å². The Morgan fingerprint density at radius 3 is 2.53 bits per heavy atom. The molecule has 0 radical (unpaired) electrons. The highest BCUT2D eigenvalue weighted by atomic mass is 16.5. The van der Waals surface area contributed by atoms with Gasteiger partial charge in [0, 0.05) is 37.8 Å². The second kappa shape index (κ2) is 9.57. The molecular weight excluding hydrogens is 400 g/mol. The van der Waals surface area contributed by atoms with Crippen LogP contribution in [0, 0.1) is 13.8 Å². The number of rotatable bonds is 7. The van der Waals surface area contributed by atoms with Gasteiger partial charge in [-0.05, 0) is 38.5 Å². The van der Waals surface area contributed by atoms with Gasteiger partial charge in [-0.25, -0.2) is 0 Å². The standard InChI is InChI=1S/C26H32N4O2/c1-5-30-22-15-16-29(25(26(31)27-4)20-9-7-6-8-10-20)23(24(22)19(3)28-30)17-32-21-13-11-18(2)12-14-21/h6-14,23,25H,5,15-17H2,1-4H3,(H,27,31)/t23-,25+/m0/s1. The summed E-state index contributed by atoms with van der Waals surface area (Å²) in [4.78, 5) is 15.4. The molecule has 2 atom stereocenters. The maximum absolute atomic E-state index is 13.1. The number of likely N-dealkylation sites (N-methyl/N-ethyl adjacent to an activating group) is 1. The lowest BCUT2D eigenvalue weighted by atomic mass is 9.92. The zero-order valence-corrected chi connectivity index (χ0v) is 19.3. The fourth-order valence-corrected chi connectivity index (χ4v) is 4.72. The number of benzene rings is 2. The van der Waals surface area contributed by atoms with Crippen molar-refractivity contribution in [3.8, 4) is 5.75 Å². The molecule has 32 heavy (non-hydrogen) atoms. The quantitative estimate of drug-likeness (QED) is 0.613. The van der Waals surface area contributed by atoms with Gasteiger partial charge in [-0.1, -0.05) is 48.0 Å². The summed E-state index contributed by atoms with van der Waals surface area (Å²) in [6.07, 6.45) is 0.853. The molecule has 0 spiro atoms. The van der Waals surface area contributed by atoms with E-state index in [0.717, 1.165) is 36.5 Å². The van der Waals surface area contributed by atoms with Gasteiger partial charge < -0.3 is 10.1 Å². The van der Waals surface area contributed by atoms with Gasteiger partial charge >= 0.3 is 0 Å². The molecular formula is C26H32N4O2. The van der Waals surface area contributed by atoms with Gasteiger partial charge in [0.2, 0.25) is 5.91 Å². The maximum atomic E-state index is 13.1. The zero-order valence-electron chi connectivity index (χ0n) is 19.3. The first-order valence-corrected chi connectivity index (χ1v) is 11.3. The molecule has 0 saturated carbocycles. The minimum Gasteiger partial charge on any atom is -0.492 e. The number of hydrogen-bond donors (Lipinski definition) is 1. The number of nitrogens with one attached hydrogen (secondary N) is 1. The Morgan fingerprint density at radius 1 is 1.16 bits per heavy atom. The van der Waals surface area contributed by atoms with E-state index in [1.165, 1.54) is 16.8 Å². The number of fused-ring (bicyclic) bond motifs is 1. The van der Waals surface area contributed by atoms with Gasteiger partial charge in [-0.15, -0.1) is 0 Å². The van der Waals surface area contributed by atoms with Crippen LogP contribution < -0.4 is 10.1 Å². The van der Waals surface area contributed by atoms with Crippen LogP contribution in [0.15, 0.2) is 54.6 Å². The van der Waals surface area contributed by atoms with Crippen LogP contribution in [0.3, 0.4) is 0 Å². The first-order valence-electron chi connectivity index (χ1n) is 11.3. The van der Waals surface area contributed by atoms with Crippen LogP contribution in [0.1, 0.15) is 47.1 Å². The van der Waals surface area contributed by atoms with Gasteiger partial charge in [0.25, 0.3) is 0 Å². The molecule has 6 heteroatoms. The largest absolute Gasteiger partial charge is 0.492 e. The molecule has 2 aromatic carbocycles. The Bertz CT molecular complexity index is 1060. The highest BCUT2D eigenvalue weighted by Crippen LogP contribution is 2.38. The topological polar surface area (TPSA) is 59.4 Å². The number of aryl methyl sites for hydroxylation is 3. The number of hydrogen-bond acceptors (Lipinski definition) is 4. The monoisotopic (exact) mass is 432 g/mol. The lowest BCUT2D eigenvalue weighted by Crippen LogP contribution is -2.46. The van der Waals surface area contributed by atoms with Crippen molar-refractivity contribution in [2.75, 3.05) is 20.2 Å². The van der Waals surface area contributed by atoms with Crippen LogP contribution in [-0.2, 0) is 17.8 Å². The third-order valence-electron chi connectivity index (χ3n) is 6.29. The average molecular weight is 433 g/mol. The van der Waals surface area contributed by atoms with E-state index >= 15 is 0 Å². The van der Waals surface area contributed by atoms with Crippen LogP contribution in [0.2, 0.25) is 0 Å². The van der Waals surface area contributed by atoms with Gasteiger partial charge in [0.1, 0.15) is 18.4 Å². The summed E-state index contributed by atoms with van der Waals surface area (Å²) in [6, 6.07) is 17.6. The highest BCUT2D eigenvalue weighted by Gasteiger charge is 2.39. The second-order valence-corrected chi connectivity index (χ2v) is 8.32. The average Bonchev–Trinajstić information content (AvgIpc) is 3.15. The summed E-state index contributed by atoms with van der Waals surface area (Å²) in [7, 11) is 1.70. The van der Waals surface area contributed by atoms with Crippen molar-refractivity contribution in [1.82, 2.24) is 20.0 Å². The molecule has 1 aliphatic rings. The van der Waals surface area contributed by atoms with E-state index in [-0.39, 0.29) is 11.9 Å². The fourth-order valence-electron chi connectivity index (χ4n) is 4.72. The van der Waals surface area contributed by atoms with Crippen molar-refractivity contribution in [1.29, 1.82) is 0 Å². The molecule has 1 aromatic heterocycles. The smallest absolute Gasteiger partial charge is 0.241 e. The van der Waals surface area contributed by atoms with Crippen molar-refractivity contribution < 1.29 is 9.53 Å². The number of nitrogens with zero attached hydrogens (tertiary/aromatic N) is 3. The van der Waals surface area contributed by atoms with Crippen LogP contribution >= 0.6 is 0 Å². The normalized spacial score (nSPS) is 16.9. The Balaban J connectivity index is 1.74. The summed E-state index contributed by atoms with van der Waals surface area (Å²) in [5, 5.41) is 7.67. The molecule has 1 N–H and O–H groups in total. The lowest BCUT2D eigenvalue weighted by Gasteiger charge is -2.40. The minimum absolute atomic E-state index is 0.0134. The molecule has 3 aromatic rings. The number of ether oxygens (including phenoxy) is 1. The van der Waals surface area contributed by atoms with Crippen molar-refractivity contribution in [2.24, 2.45) is 0 Å². The molecule has 2 heterocycles. The Morgan fingerprint density at radius 2 is 1.88 bits per heavy atom. The van der Waals surface area contributed by atoms with Crippen molar-refractivity contribution in [3.05, 3.63) is 82.7 Å². The van der Waals surface area contributed by atoms with E-state index in [1.54, 1.807) is 7.05 Å². The Hall–Kier alpha value is -3.12. The van der Waals surface area contributed by atoms with E-state index in [9.17, 15) is 4.79 Å². The van der Waals surface area contributed by atoms with Crippen LogP contribution in [-0.4, -0.2) is 40.8 Å². The van der Waals surface area contributed by atoms with Crippen LogP contribution in [0.5, 0.6) is 5.75 Å². The third kappa shape index (κ3) is 4.28. The lowest BCUT2D eigenvalue weighted by molar-refractivity contribution is -0.127. The minimum atomic E-state index is -0.398. The van der Waals surface area contributed by atoms with E-state index < -0.39 is 6.04 Å². The molecule has 0 aliphatic carbocycles. The SMILES string of the molecule is CCn1nc(C)c2c1CCN([C@@H](C(=O)NC)c1ccccc1)[C@H]2COc1ccc(C)cc1. The van der Waals surface area contributed by atoms with E-state index in [4.69, 9.17) is 9.84 Å². The summed E-state index contributed by atoms with van der Waals surface area (Å²) in [5.74, 6) is 0.819. The highest BCUT2D eigenvalue weighted by molar-refractivity contribution is 5.83. The first kappa shape index (κ1) is 22.1. The maximum Gasteiger partial charge on any atom is 0.241 e. The van der Waals surface area contributed by atoms with Crippen LogP contribution in [0.4, 0.5) is 0 Å². The predicted molar refractivity (Wildman–Crippen MR) is 126 cm³/mol. The predicted octanol–water partition coefficient (Wildman–Crippen LogP) is 3.99. The van der Waals surface area contributed by atoms with E-state index in [0.29, 0.717) is 6.61 Å². The van der Waals surface area contributed by atoms with Crippen LogP contribution in [0.25, 0.3) is 0 Å². The molecule has 168 valence electrons. The van der Waals surface area contributed by atoms with E-state index in [1.807, 2.05) is 42.5 Å². The number of amides is 1. The zero-order chi connectivity index (χ0) is 22.7. The van der Waals surface area contributed by atoms with Crippen molar-refractivity contribution >= 4 is 5.91 Å². The Kier molecular flexibility index (Phi) is 6.61. The summed E-state index contributed by atoms with van der Waals surface area (Å²) < 4.78 is 8.37. The number of carbonyl (C=O) groups is 1. The third-order valence-corrected chi connectivity index (χ3v) is 6.29. The first-order chi connectivity index (χ1) is 15.5. The molecule has 0 saturated heterocycles. The molecule has 0 bridgehead atoms. The Labute approximate surface area is 190 Å². The fraction of sp³-hybridized carbons (Fsp3) is 0.385. The molecule has 0 unspecified atom stereocenters. The van der Waals surface area contributed by atoms with Gasteiger partial charge in [-0.3, -0.25) is 14.4 Å². The summed E-state index contributed by atoms with van der Waals surface area (Å²) in [5.41, 5.74) is 5.63. The molecule has 1 amide bonds. The van der Waals surface area contributed by atoms with Crippen molar-refractivity contribution in [2.45, 2.75) is 45.8 Å². The van der Waals surface area contributed by atoms with Gasteiger partial charge in [-0.2, -0.15) is 5.10 Å². The number of aromatic nitrogens is 2. The summed E-state index contributed by atoms with van der Waals surface area (Å²) in [6.45, 7) is 8.28. The number of carbonyl (C=O) groups excluding carboxylic acids is 1. The summed E-state index contributed by atoms with van der Waals surface area (Å²) >= 11 is 0. The van der Waals surface area contributed by atoms with Gasteiger partial charge in [0.15, 0.2) is 0 Å². The van der Waals surface area contributed by atoms with E-state index in [2.05, 4.69) is 47.8 Å². The van der Waals surface area contributed by atoms with Crippen molar-refractivity contribution in [3.63, 3.8) is 0 Å². The molecule has 4 rings (SSSR count). The second-order valence-electron chi connectivity index (χ2n) is 8.32. The molecule has 1 aliphatic heterocycles. The molecule has 6 nitrogen and oxygen atoms in total. The molecule has 0 fully saturated rings.